The Morgan fingerprint density at radius 1 is 1.33 bits per heavy atom. The van der Waals surface area contributed by atoms with Crippen LogP contribution >= 0.6 is 23.2 Å². The van der Waals surface area contributed by atoms with Crippen LogP contribution in [-0.4, -0.2) is 35.2 Å². The highest BCUT2D eigenvalue weighted by atomic mass is 35.5. The van der Waals surface area contributed by atoms with Crippen molar-refractivity contribution < 1.29 is 4.74 Å². The highest BCUT2D eigenvalue weighted by Crippen LogP contribution is 2.31. The third-order valence-electron chi connectivity index (χ3n) is 3.86. The average molecular weight is 287 g/mol. The van der Waals surface area contributed by atoms with Crippen molar-refractivity contribution in [1.29, 1.82) is 0 Å². The van der Waals surface area contributed by atoms with Gasteiger partial charge in [-0.05, 0) is 25.3 Å². The maximum Gasteiger partial charge on any atom is 0.135 e. The van der Waals surface area contributed by atoms with Crippen molar-refractivity contribution in [2.24, 2.45) is 0 Å². The summed E-state index contributed by atoms with van der Waals surface area (Å²) in [7, 11) is 0. The first-order chi connectivity index (χ1) is 8.74. The Kier molecular flexibility index (Phi) is 3.76. The predicted molar refractivity (Wildman–Crippen MR) is 72.0 cm³/mol. The van der Waals surface area contributed by atoms with Crippen LogP contribution in [0.25, 0.3) is 0 Å². The summed E-state index contributed by atoms with van der Waals surface area (Å²) in [4.78, 5) is 6.57. The molecular formula is C13H16Cl2N2O. The van der Waals surface area contributed by atoms with E-state index in [1.54, 1.807) is 6.07 Å². The third-order valence-corrected chi connectivity index (χ3v) is 4.40. The molecule has 1 aromatic heterocycles. The molecule has 0 spiro atoms. The predicted octanol–water partition coefficient (Wildman–Crippen LogP) is 3.14. The summed E-state index contributed by atoms with van der Waals surface area (Å²) in [5.41, 5.74) is 1.05. The van der Waals surface area contributed by atoms with Gasteiger partial charge in [0.25, 0.3) is 0 Å². The fourth-order valence-electron chi connectivity index (χ4n) is 2.98. The third kappa shape index (κ3) is 2.50. The van der Waals surface area contributed by atoms with Gasteiger partial charge in [0.1, 0.15) is 10.3 Å². The smallest absolute Gasteiger partial charge is 0.135 e. The number of fused-ring (bicyclic) bond motifs is 1. The van der Waals surface area contributed by atoms with Crippen molar-refractivity contribution in [3.63, 3.8) is 0 Å². The molecule has 2 aliphatic rings. The molecule has 1 saturated heterocycles. The van der Waals surface area contributed by atoms with Gasteiger partial charge >= 0.3 is 0 Å². The molecule has 1 aromatic rings. The van der Waals surface area contributed by atoms with E-state index in [4.69, 9.17) is 27.9 Å². The Labute approximate surface area is 117 Å². The molecule has 2 heterocycles. The van der Waals surface area contributed by atoms with E-state index in [1.165, 1.54) is 19.3 Å². The number of pyridine rings is 1. The van der Waals surface area contributed by atoms with Crippen molar-refractivity contribution in [2.45, 2.75) is 38.0 Å². The van der Waals surface area contributed by atoms with E-state index >= 15 is 0 Å². The second kappa shape index (κ2) is 5.33. The number of rotatable bonds is 2. The summed E-state index contributed by atoms with van der Waals surface area (Å²) >= 11 is 12.0. The van der Waals surface area contributed by atoms with Crippen LogP contribution in [0.5, 0.6) is 0 Å². The highest BCUT2D eigenvalue weighted by Gasteiger charge is 2.36. The maximum absolute atomic E-state index is 6.14. The Bertz CT molecular complexity index is 441. The lowest BCUT2D eigenvalue weighted by Gasteiger charge is -2.37. The van der Waals surface area contributed by atoms with Crippen molar-refractivity contribution in [1.82, 2.24) is 9.88 Å². The van der Waals surface area contributed by atoms with Gasteiger partial charge < -0.3 is 4.74 Å². The SMILES string of the molecule is Clc1ccc(CN2CCOC3CCCC32)c(Cl)n1. The molecule has 3 rings (SSSR count). The summed E-state index contributed by atoms with van der Waals surface area (Å²) in [6.07, 6.45) is 4.09. The molecule has 1 saturated carbocycles. The second-order valence-electron chi connectivity index (χ2n) is 4.96. The summed E-state index contributed by atoms with van der Waals surface area (Å²) in [5, 5.41) is 0.966. The van der Waals surface area contributed by atoms with E-state index in [0.717, 1.165) is 25.3 Å². The fourth-order valence-corrected chi connectivity index (χ4v) is 3.38. The summed E-state index contributed by atoms with van der Waals surface area (Å²) in [6, 6.07) is 4.32. The molecule has 1 aliphatic heterocycles. The van der Waals surface area contributed by atoms with Crippen LogP contribution < -0.4 is 0 Å². The Morgan fingerprint density at radius 3 is 3.06 bits per heavy atom. The van der Waals surface area contributed by atoms with E-state index in [9.17, 15) is 0 Å². The van der Waals surface area contributed by atoms with Gasteiger partial charge in [0.15, 0.2) is 0 Å². The molecule has 2 atom stereocenters. The Morgan fingerprint density at radius 2 is 2.22 bits per heavy atom. The van der Waals surface area contributed by atoms with Gasteiger partial charge in [-0.3, -0.25) is 4.90 Å². The van der Waals surface area contributed by atoms with E-state index in [0.29, 0.717) is 22.5 Å². The lowest BCUT2D eigenvalue weighted by atomic mass is 10.1. The normalized spacial score (nSPS) is 28.3. The molecule has 98 valence electrons. The standard InChI is InChI=1S/C13H16Cl2N2O/c14-12-5-4-9(13(15)16-12)8-17-6-7-18-11-3-1-2-10(11)17/h4-5,10-11H,1-3,6-8H2. The lowest BCUT2D eigenvalue weighted by Crippen LogP contribution is -2.47. The molecule has 2 fully saturated rings. The van der Waals surface area contributed by atoms with Gasteiger partial charge in [-0.2, -0.15) is 0 Å². The monoisotopic (exact) mass is 286 g/mol. The molecule has 1 aliphatic carbocycles. The molecule has 5 heteroatoms. The van der Waals surface area contributed by atoms with E-state index in [-0.39, 0.29) is 0 Å². The van der Waals surface area contributed by atoms with Gasteiger partial charge in [-0.1, -0.05) is 29.3 Å². The minimum atomic E-state index is 0.415. The minimum Gasteiger partial charge on any atom is -0.375 e. The zero-order chi connectivity index (χ0) is 12.5. The topological polar surface area (TPSA) is 25.4 Å². The van der Waals surface area contributed by atoms with Gasteiger partial charge in [-0.15, -0.1) is 0 Å². The van der Waals surface area contributed by atoms with Crippen LogP contribution in [0.15, 0.2) is 12.1 Å². The van der Waals surface area contributed by atoms with Crippen LogP contribution in [0.1, 0.15) is 24.8 Å². The number of halogens is 2. The molecule has 0 bridgehead atoms. The van der Waals surface area contributed by atoms with Gasteiger partial charge in [0, 0.05) is 24.7 Å². The van der Waals surface area contributed by atoms with Gasteiger partial charge in [0.2, 0.25) is 0 Å². The zero-order valence-corrected chi connectivity index (χ0v) is 11.6. The highest BCUT2D eigenvalue weighted by molar-refractivity contribution is 6.32. The van der Waals surface area contributed by atoms with Crippen molar-refractivity contribution in [2.75, 3.05) is 13.2 Å². The average Bonchev–Trinajstić information content (AvgIpc) is 2.82. The van der Waals surface area contributed by atoms with Gasteiger partial charge in [-0.25, -0.2) is 4.98 Å². The van der Waals surface area contributed by atoms with Gasteiger partial charge in [0.05, 0.1) is 12.7 Å². The largest absolute Gasteiger partial charge is 0.375 e. The van der Waals surface area contributed by atoms with Crippen LogP contribution in [0, 0.1) is 0 Å². The number of aromatic nitrogens is 1. The first-order valence-electron chi connectivity index (χ1n) is 6.40. The molecular weight excluding hydrogens is 271 g/mol. The number of nitrogens with zero attached hydrogens (tertiary/aromatic N) is 2. The quantitative estimate of drug-likeness (QED) is 0.781. The van der Waals surface area contributed by atoms with E-state index < -0.39 is 0 Å². The molecule has 0 N–H and O–H groups in total. The summed E-state index contributed by atoms with van der Waals surface area (Å²) in [6.45, 7) is 2.63. The second-order valence-corrected chi connectivity index (χ2v) is 5.71. The zero-order valence-electron chi connectivity index (χ0n) is 10.1. The van der Waals surface area contributed by atoms with Crippen molar-refractivity contribution in [3.8, 4) is 0 Å². The minimum absolute atomic E-state index is 0.415. The van der Waals surface area contributed by atoms with E-state index in [1.807, 2.05) is 6.07 Å². The number of hydrogen-bond acceptors (Lipinski definition) is 3. The van der Waals surface area contributed by atoms with Crippen molar-refractivity contribution in [3.05, 3.63) is 28.0 Å². The number of hydrogen-bond donors (Lipinski definition) is 0. The first kappa shape index (κ1) is 12.7. The molecule has 3 nitrogen and oxygen atoms in total. The van der Waals surface area contributed by atoms with Crippen LogP contribution in [0.4, 0.5) is 0 Å². The fraction of sp³-hybridized carbons (Fsp3) is 0.615. The molecule has 2 unspecified atom stereocenters. The Balaban J connectivity index is 1.75. The number of morpholine rings is 1. The number of ether oxygens (including phenoxy) is 1. The van der Waals surface area contributed by atoms with E-state index in [2.05, 4.69) is 9.88 Å². The lowest BCUT2D eigenvalue weighted by molar-refractivity contribution is -0.0588. The molecule has 0 aromatic carbocycles. The van der Waals surface area contributed by atoms with Crippen LogP contribution in [0.2, 0.25) is 10.3 Å². The van der Waals surface area contributed by atoms with Crippen LogP contribution in [-0.2, 0) is 11.3 Å². The molecule has 0 amide bonds. The molecule has 18 heavy (non-hydrogen) atoms. The Hall–Kier alpha value is -0.350. The summed E-state index contributed by atoms with van der Waals surface area (Å²) < 4.78 is 5.81. The first-order valence-corrected chi connectivity index (χ1v) is 7.16. The summed E-state index contributed by atoms with van der Waals surface area (Å²) in [5.74, 6) is 0. The maximum atomic E-state index is 6.14. The molecule has 0 radical (unpaired) electrons. The van der Waals surface area contributed by atoms with Crippen molar-refractivity contribution >= 4 is 23.2 Å². The van der Waals surface area contributed by atoms with Crippen LogP contribution in [0.3, 0.4) is 0 Å².